The summed E-state index contributed by atoms with van der Waals surface area (Å²) < 4.78 is 1.16. The van der Waals surface area contributed by atoms with E-state index in [0.29, 0.717) is 10.9 Å². The maximum atomic E-state index is 12.0. The van der Waals surface area contributed by atoms with Crippen molar-refractivity contribution in [3.05, 3.63) is 29.0 Å². The molecule has 112 valence electrons. The van der Waals surface area contributed by atoms with Crippen molar-refractivity contribution < 1.29 is 4.79 Å². The summed E-state index contributed by atoms with van der Waals surface area (Å²) in [6.45, 7) is 2.03. The van der Waals surface area contributed by atoms with Gasteiger partial charge in [0.1, 0.15) is 10.0 Å². The Morgan fingerprint density at radius 3 is 2.86 bits per heavy atom. The van der Waals surface area contributed by atoms with Gasteiger partial charge in [-0.1, -0.05) is 11.8 Å². The first-order valence-electron chi connectivity index (χ1n) is 7.10. The smallest absolute Gasteiger partial charge is 0.269 e. The van der Waals surface area contributed by atoms with E-state index in [4.69, 9.17) is 0 Å². The van der Waals surface area contributed by atoms with Gasteiger partial charge in [-0.25, -0.2) is 4.98 Å². The number of aromatic amines is 1. The number of hydrogen-bond donors (Lipinski definition) is 2. The molecule has 1 amide bonds. The van der Waals surface area contributed by atoms with Crippen molar-refractivity contribution in [2.24, 2.45) is 0 Å². The zero-order valence-electron chi connectivity index (χ0n) is 11.8. The fourth-order valence-corrected chi connectivity index (χ4v) is 4.78. The Morgan fingerprint density at radius 1 is 1.43 bits per heavy atom. The van der Waals surface area contributed by atoms with E-state index in [0.717, 1.165) is 35.7 Å². The molecule has 0 atom stereocenters. The van der Waals surface area contributed by atoms with Gasteiger partial charge in [0.2, 0.25) is 0 Å². The first-order chi connectivity index (χ1) is 10.2. The van der Waals surface area contributed by atoms with Gasteiger partial charge in [0.05, 0.1) is 0 Å². The highest BCUT2D eigenvalue weighted by Crippen LogP contribution is 2.35. The van der Waals surface area contributed by atoms with Crippen molar-refractivity contribution in [3.8, 4) is 0 Å². The van der Waals surface area contributed by atoms with E-state index in [9.17, 15) is 4.79 Å². The van der Waals surface area contributed by atoms with E-state index in [2.05, 4.69) is 25.9 Å². The molecule has 1 aliphatic carbocycles. The Bertz CT molecular complexity index is 588. The van der Waals surface area contributed by atoms with Gasteiger partial charge in [0.15, 0.2) is 0 Å². The third-order valence-electron chi connectivity index (χ3n) is 3.62. The number of hydrogen-bond acceptors (Lipinski definition) is 5. The summed E-state index contributed by atoms with van der Waals surface area (Å²) in [4.78, 5) is 16.5. The van der Waals surface area contributed by atoms with Gasteiger partial charge in [-0.3, -0.25) is 9.89 Å². The van der Waals surface area contributed by atoms with Gasteiger partial charge in [0, 0.05) is 28.6 Å². The Balaban J connectivity index is 1.45. The van der Waals surface area contributed by atoms with Crippen molar-refractivity contribution in [3.63, 3.8) is 0 Å². The van der Waals surface area contributed by atoms with E-state index in [-0.39, 0.29) is 11.9 Å². The largest absolute Gasteiger partial charge is 0.348 e. The fourth-order valence-electron chi connectivity index (χ4n) is 2.50. The second-order valence-electron chi connectivity index (χ2n) is 5.29. The number of carbonyl (C=O) groups is 1. The minimum Gasteiger partial charge on any atom is -0.348 e. The molecular formula is C14H18N4OS2. The molecule has 2 aromatic rings. The van der Waals surface area contributed by atoms with Crippen LogP contribution in [0.3, 0.4) is 0 Å². The molecule has 0 unspecified atom stereocenters. The second kappa shape index (κ2) is 6.62. The standard InChI is InChI=1S/C14H18N4OS2/c1-9-8-20-14(16-9)21-11-4-2-10(3-5-11)17-13(19)12-6-7-15-18-12/h6-8,10-11H,2-5H2,1H3,(H,15,18)(H,17,19). The maximum absolute atomic E-state index is 12.0. The van der Waals surface area contributed by atoms with Crippen LogP contribution in [-0.4, -0.2) is 32.4 Å². The number of H-pyrrole nitrogens is 1. The van der Waals surface area contributed by atoms with Gasteiger partial charge < -0.3 is 5.32 Å². The molecule has 2 N–H and O–H groups in total. The van der Waals surface area contributed by atoms with Crippen LogP contribution in [0.4, 0.5) is 0 Å². The van der Waals surface area contributed by atoms with E-state index < -0.39 is 0 Å². The van der Waals surface area contributed by atoms with Gasteiger partial charge in [-0.2, -0.15) is 5.10 Å². The van der Waals surface area contributed by atoms with Crippen molar-refractivity contribution in [1.82, 2.24) is 20.5 Å². The normalized spacial score (nSPS) is 22.1. The molecule has 0 radical (unpaired) electrons. The zero-order valence-corrected chi connectivity index (χ0v) is 13.5. The highest BCUT2D eigenvalue weighted by Gasteiger charge is 2.24. The van der Waals surface area contributed by atoms with Crippen LogP contribution in [-0.2, 0) is 0 Å². The first kappa shape index (κ1) is 14.6. The fraction of sp³-hybridized carbons (Fsp3) is 0.500. The summed E-state index contributed by atoms with van der Waals surface area (Å²) >= 11 is 3.61. The third-order valence-corrected chi connectivity index (χ3v) is 6.05. The lowest BCUT2D eigenvalue weighted by atomic mass is 9.95. The molecule has 2 heterocycles. The van der Waals surface area contributed by atoms with Crippen LogP contribution in [0.25, 0.3) is 0 Å². The summed E-state index contributed by atoms with van der Waals surface area (Å²) in [6, 6.07) is 1.97. The van der Waals surface area contributed by atoms with E-state index in [1.807, 2.05) is 18.7 Å². The molecule has 0 saturated heterocycles. The Hall–Kier alpha value is -1.34. The SMILES string of the molecule is Cc1csc(SC2CCC(NC(=O)c3ccn[nH]3)CC2)n1. The zero-order chi connectivity index (χ0) is 14.7. The molecule has 0 aliphatic heterocycles. The molecule has 5 nitrogen and oxygen atoms in total. The van der Waals surface area contributed by atoms with Crippen LogP contribution in [0.5, 0.6) is 0 Å². The number of rotatable bonds is 4. The van der Waals surface area contributed by atoms with Crippen molar-refractivity contribution in [1.29, 1.82) is 0 Å². The summed E-state index contributed by atoms with van der Waals surface area (Å²) in [5, 5.41) is 12.3. The highest BCUT2D eigenvalue weighted by molar-refractivity contribution is 8.01. The number of aryl methyl sites for hydroxylation is 1. The molecule has 0 aromatic carbocycles. The van der Waals surface area contributed by atoms with E-state index in [1.54, 1.807) is 23.6 Å². The van der Waals surface area contributed by atoms with Gasteiger partial charge >= 0.3 is 0 Å². The predicted octanol–water partition coefficient (Wildman–Crippen LogP) is 3.01. The lowest BCUT2D eigenvalue weighted by Gasteiger charge is -2.28. The van der Waals surface area contributed by atoms with Crippen LogP contribution in [0, 0.1) is 6.92 Å². The molecule has 0 bridgehead atoms. The number of nitrogens with one attached hydrogen (secondary N) is 2. The minimum atomic E-state index is -0.0563. The van der Waals surface area contributed by atoms with Gasteiger partial charge in [-0.05, 0) is 38.7 Å². The lowest BCUT2D eigenvalue weighted by Crippen LogP contribution is -2.38. The van der Waals surface area contributed by atoms with Crippen LogP contribution < -0.4 is 5.32 Å². The monoisotopic (exact) mass is 322 g/mol. The molecule has 1 aliphatic rings. The van der Waals surface area contributed by atoms with E-state index >= 15 is 0 Å². The molecule has 21 heavy (non-hydrogen) atoms. The number of amides is 1. The van der Waals surface area contributed by atoms with Gasteiger partial charge in [-0.15, -0.1) is 11.3 Å². The molecule has 2 aromatic heterocycles. The first-order valence-corrected chi connectivity index (χ1v) is 8.85. The molecular weight excluding hydrogens is 304 g/mol. The van der Waals surface area contributed by atoms with Gasteiger partial charge in [0.25, 0.3) is 5.91 Å². The molecule has 1 saturated carbocycles. The Morgan fingerprint density at radius 2 is 2.24 bits per heavy atom. The van der Waals surface area contributed by atoms with Crippen LogP contribution in [0.2, 0.25) is 0 Å². The number of thiazole rings is 1. The predicted molar refractivity (Wildman–Crippen MR) is 84.8 cm³/mol. The Kier molecular flexibility index (Phi) is 4.60. The molecule has 0 spiro atoms. The molecule has 7 heteroatoms. The van der Waals surface area contributed by atoms with Crippen molar-refractivity contribution in [2.75, 3.05) is 0 Å². The topological polar surface area (TPSA) is 70.7 Å². The quantitative estimate of drug-likeness (QED) is 0.908. The van der Waals surface area contributed by atoms with E-state index in [1.165, 1.54) is 0 Å². The van der Waals surface area contributed by atoms with Crippen LogP contribution >= 0.6 is 23.1 Å². The lowest BCUT2D eigenvalue weighted by molar-refractivity contribution is 0.0923. The number of carbonyl (C=O) groups excluding carboxylic acids is 1. The van der Waals surface area contributed by atoms with Crippen molar-refractivity contribution in [2.45, 2.75) is 48.2 Å². The summed E-state index contributed by atoms with van der Waals surface area (Å²) in [5.74, 6) is -0.0563. The van der Waals surface area contributed by atoms with Crippen molar-refractivity contribution >= 4 is 29.0 Å². The van der Waals surface area contributed by atoms with Crippen LogP contribution in [0.1, 0.15) is 41.9 Å². The summed E-state index contributed by atoms with van der Waals surface area (Å²) in [7, 11) is 0. The third kappa shape index (κ3) is 3.85. The molecule has 3 rings (SSSR count). The average molecular weight is 322 g/mol. The second-order valence-corrected chi connectivity index (χ2v) is 7.70. The minimum absolute atomic E-state index is 0.0563. The Labute approximate surface area is 131 Å². The number of aromatic nitrogens is 3. The highest BCUT2D eigenvalue weighted by atomic mass is 32.2. The number of thioether (sulfide) groups is 1. The summed E-state index contributed by atoms with van der Waals surface area (Å²) in [5.41, 5.74) is 1.63. The van der Waals surface area contributed by atoms with Crippen LogP contribution in [0.15, 0.2) is 22.0 Å². The molecule has 1 fully saturated rings. The maximum Gasteiger partial charge on any atom is 0.269 e. The average Bonchev–Trinajstić information content (AvgIpc) is 3.13. The number of nitrogens with zero attached hydrogens (tertiary/aromatic N) is 2. The summed E-state index contributed by atoms with van der Waals surface area (Å²) in [6.07, 6.45) is 5.90.